The van der Waals surface area contributed by atoms with Crippen LogP contribution in [0, 0.1) is 11.7 Å². The fourth-order valence-electron chi connectivity index (χ4n) is 5.69. The van der Waals surface area contributed by atoms with Crippen molar-refractivity contribution in [3.63, 3.8) is 0 Å². The highest BCUT2D eigenvalue weighted by molar-refractivity contribution is 7.86. The number of carbonyl (C=O) groups excluding carboxylic acids is 1. The molecule has 0 spiro atoms. The van der Waals surface area contributed by atoms with Gasteiger partial charge in [-0.2, -0.15) is 17.0 Å². The molecule has 2 heterocycles. The van der Waals surface area contributed by atoms with Gasteiger partial charge in [0, 0.05) is 49.4 Å². The third kappa shape index (κ3) is 7.21. The molecule has 3 aromatic rings. The van der Waals surface area contributed by atoms with E-state index in [-0.39, 0.29) is 16.9 Å². The summed E-state index contributed by atoms with van der Waals surface area (Å²) in [6.07, 6.45) is 3.18. The molecule has 2 amide bonds. The molecule has 41 heavy (non-hydrogen) atoms. The van der Waals surface area contributed by atoms with Crippen LogP contribution in [-0.4, -0.2) is 55.8 Å². The van der Waals surface area contributed by atoms with Crippen LogP contribution in [0.1, 0.15) is 37.2 Å². The summed E-state index contributed by atoms with van der Waals surface area (Å²) >= 11 is 12.0. The molecule has 2 aliphatic rings. The Morgan fingerprint density at radius 1 is 0.902 bits per heavy atom. The summed E-state index contributed by atoms with van der Waals surface area (Å²) in [5.74, 6) is -0.433. The number of nitrogens with zero attached hydrogens (tertiary/aromatic N) is 2. The van der Waals surface area contributed by atoms with Crippen LogP contribution in [0.5, 0.6) is 0 Å². The Balaban J connectivity index is 1.30. The SMILES string of the molecule is O=C(NCC(c1ccc(-c2cccc(Cl)c2)cc1)C1CCN(S(=O)(=O)N2CCCC2)CC1)Nc1ccc(F)c(Cl)c1. The smallest absolute Gasteiger partial charge is 0.319 e. The van der Waals surface area contributed by atoms with Crippen LogP contribution in [0.2, 0.25) is 10.0 Å². The molecule has 0 aromatic heterocycles. The normalized spacial score (nSPS) is 17.8. The van der Waals surface area contributed by atoms with Gasteiger partial charge in [-0.25, -0.2) is 9.18 Å². The van der Waals surface area contributed by atoms with Crippen LogP contribution in [-0.2, 0) is 10.2 Å². The van der Waals surface area contributed by atoms with E-state index >= 15 is 0 Å². The molecule has 2 fully saturated rings. The van der Waals surface area contributed by atoms with Gasteiger partial charge < -0.3 is 10.6 Å². The molecule has 7 nitrogen and oxygen atoms in total. The van der Waals surface area contributed by atoms with Crippen LogP contribution in [0.4, 0.5) is 14.9 Å². The van der Waals surface area contributed by atoms with Gasteiger partial charge in [-0.15, -0.1) is 0 Å². The largest absolute Gasteiger partial charge is 0.337 e. The first-order valence-corrected chi connectivity index (χ1v) is 16.0. The Kier molecular flexibility index (Phi) is 9.51. The Hall–Kier alpha value is -2.69. The van der Waals surface area contributed by atoms with Gasteiger partial charge in [-0.1, -0.05) is 59.6 Å². The second-order valence-electron chi connectivity index (χ2n) is 10.6. The average Bonchev–Trinajstić information content (AvgIpc) is 3.52. The lowest BCUT2D eigenvalue weighted by Gasteiger charge is -2.37. The van der Waals surface area contributed by atoms with Crippen LogP contribution >= 0.6 is 23.2 Å². The molecule has 1 atom stereocenters. The third-order valence-corrected chi connectivity index (χ3v) is 10.5. The van der Waals surface area contributed by atoms with Gasteiger partial charge in [0.1, 0.15) is 5.82 Å². The lowest BCUT2D eigenvalue weighted by molar-refractivity contribution is 0.226. The maximum atomic E-state index is 13.5. The van der Waals surface area contributed by atoms with Crippen molar-refractivity contribution in [2.45, 2.75) is 31.6 Å². The number of rotatable bonds is 8. The fraction of sp³-hybridized carbons (Fsp3) is 0.367. The molecule has 0 bridgehead atoms. The molecule has 2 N–H and O–H groups in total. The van der Waals surface area contributed by atoms with E-state index in [4.69, 9.17) is 23.2 Å². The minimum Gasteiger partial charge on any atom is -0.337 e. The van der Waals surface area contributed by atoms with E-state index in [1.54, 1.807) is 8.61 Å². The molecule has 0 aliphatic carbocycles. The average molecular weight is 620 g/mol. The van der Waals surface area contributed by atoms with Gasteiger partial charge in [0.2, 0.25) is 0 Å². The van der Waals surface area contributed by atoms with E-state index in [0.717, 1.165) is 29.5 Å². The summed E-state index contributed by atoms with van der Waals surface area (Å²) in [5, 5.41) is 6.26. The van der Waals surface area contributed by atoms with Crippen molar-refractivity contribution in [2.24, 2.45) is 5.92 Å². The van der Waals surface area contributed by atoms with E-state index in [1.165, 1.54) is 18.2 Å². The van der Waals surface area contributed by atoms with Crippen molar-refractivity contribution in [1.29, 1.82) is 0 Å². The maximum Gasteiger partial charge on any atom is 0.319 e. The number of benzene rings is 3. The predicted molar refractivity (Wildman–Crippen MR) is 162 cm³/mol. The highest BCUT2D eigenvalue weighted by Gasteiger charge is 2.36. The summed E-state index contributed by atoms with van der Waals surface area (Å²) in [4.78, 5) is 12.8. The molecule has 5 rings (SSSR count). The zero-order valence-corrected chi connectivity index (χ0v) is 24.9. The van der Waals surface area contributed by atoms with Gasteiger partial charge >= 0.3 is 6.03 Å². The predicted octanol–water partition coefficient (Wildman–Crippen LogP) is 6.76. The van der Waals surface area contributed by atoms with Crippen LogP contribution < -0.4 is 10.6 Å². The summed E-state index contributed by atoms with van der Waals surface area (Å²) < 4.78 is 42.9. The second kappa shape index (κ2) is 13.1. The standard InChI is InChI=1S/C30H33Cl2FN4O3S/c31-25-5-3-4-24(18-25)21-6-8-22(9-7-21)27(20-34-30(38)35-26-10-11-29(33)28(32)19-26)23-12-16-37(17-13-23)41(39,40)36-14-1-2-15-36/h3-11,18-19,23,27H,1-2,12-17,20H2,(H2,34,35,38). The molecular formula is C30H33Cl2FN4O3S. The van der Waals surface area contributed by atoms with E-state index in [0.29, 0.717) is 56.3 Å². The molecule has 3 aromatic carbocycles. The van der Waals surface area contributed by atoms with Crippen molar-refractivity contribution in [3.8, 4) is 11.1 Å². The van der Waals surface area contributed by atoms with Crippen molar-refractivity contribution in [2.75, 3.05) is 38.0 Å². The molecule has 1 unspecified atom stereocenters. The van der Waals surface area contributed by atoms with Gasteiger partial charge in [0.15, 0.2) is 0 Å². The highest BCUT2D eigenvalue weighted by Crippen LogP contribution is 2.35. The first-order chi connectivity index (χ1) is 19.7. The molecule has 2 aliphatic heterocycles. The topological polar surface area (TPSA) is 81.8 Å². The van der Waals surface area contributed by atoms with Crippen LogP contribution in [0.15, 0.2) is 66.7 Å². The van der Waals surface area contributed by atoms with E-state index in [2.05, 4.69) is 22.8 Å². The first-order valence-electron chi connectivity index (χ1n) is 13.8. The minimum atomic E-state index is -3.44. The molecule has 0 saturated carbocycles. The highest BCUT2D eigenvalue weighted by atomic mass is 35.5. The van der Waals surface area contributed by atoms with Gasteiger partial charge in [-0.05, 0) is 78.6 Å². The zero-order chi connectivity index (χ0) is 29.0. The van der Waals surface area contributed by atoms with Gasteiger partial charge in [0.05, 0.1) is 5.02 Å². The monoisotopic (exact) mass is 618 g/mol. The number of anilines is 1. The summed E-state index contributed by atoms with van der Waals surface area (Å²) in [6.45, 7) is 2.41. The summed E-state index contributed by atoms with van der Waals surface area (Å²) in [5.41, 5.74) is 3.48. The number of urea groups is 1. The van der Waals surface area contributed by atoms with E-state index in [9.17, 15) is 17.6 Å². The number of amides is 2. The van der Waals surface area contributed by atoms with Crippen molar-refractivity contribution in [3.05, 3.63) is 88.2 Å². The second-order valence-corrected chi connectivity index (χ2v) is 13.3. The first kappa shape index (κ1) is 29.8. The molecular weight excluding hydrogens is 586 g/mol. The number of piperidine rings is 1. The number of carbonyl (C=O) groups is 1. The van der Waals surface area contributed by atoms with Crippen LogP contribution in [0.3, 0.4) is 0 Å². The lowest BCUT2D eigenvalue weighted by Crippen LogP contribution is -2.47. The molecule has 0 radical (unpaired) electrons. The summed E-state index contributed by atoms with van der Waals surface area (Å²) in [6, 6.07) is 19.5. The lowest BCUT2D eigenvalue weighted by atomic mass is 9.80. The quantitative estimate of drug-likeness (QED) is 0.293. The fourth-order valence-corrected chi connectivity index (χ4v) is 7.78. The van der Waals surface area contributed by atoms with Gasteiger partial charge in [-0.3, -0.25) is 0 Å². The molecule has 2 saturated heterocycles. The number of hydrogen-bond donors (Lipinski definition) is 2. The number of nitrogens with one attached hydrogen (secondary N) is 2. The van der Waals surface area contributed by atoms with Crippen molar-refractivity contribution >= 4 is 45.1 Å². The maximum absolute atomic E-state index is 13.5. The van der Waals surface area contributed by atoms with E-state index in [1.807, 2.05) is 36.4 Å². The minimum absolute atomic E-state index is 0.0393. The Morgan fingerprint density at radius 2 is 1.59 bits per heavy atom. The summed E-state index contributed by atoms with van der Waals surface area (Å²) in [7, 11) is -3.44. The van der Waals surface area contributed by atoms with Crippen molar-refractivity contribution in [1.82, 2.24) is 13.9 Å². The molecule has 218 valence electrons. The zero-order valence-electron chi connectivity index (χ0n) is 22.5. The third-order valence-electron chi connectivity index (χ3n) is 7.94. The van der Waals surface area contributed by atoms with E-state index < -0.39 is 22.1 Å². The number of halogens is 3. The Labute approximate surface area is 250 Å². The molecule has 11 heteroatoms. The number of hydrogen-bond acceptors (Lipinski definition) is 3. The van der Waals surface area contributed by atoms with Crippen molar-refractivity contribution < 1.29 is 17.6 Å². The van der Waals surface area contributed by atoms with Gasteiger partial charge in [0.25, 0.3) is 10.2 Å². The Morgan fingerprint density at radius 3 is 2.24 bits per heavy atom. The van der Waals surface area contributed by atoms with Crippen LogP contribution in [0.25, 0.3) is 11.1 Å². The Bertz CT molecular complexity index is 1480.